The van der Waals surface area contributed by atoms with Gasteiger partial charge in [-0.2, -0.15) is 0 Å². The Kier molecular flexibility index (Phi) is 4.08. The van der Waals surface area contributed by atoms with Crippen molar-refractivity contribution in [2.24, 2.45) is 5.41 Å². The van der Waals surface area contributed by atoms with Crippen molar-refractivity contribution in [3.63, 3.8) is 0 Å². The van der Waals surface area contributed by atoms with Crippen LogP contribution in [0.1, 0.15) is 35.1 Å². The first-order chi connectivity index (χ1) is 8.56. The van der Waals surface area contributed by atoms with Crippen LogP contribution >= 0.6 is 0 Å². The Balaban J connectivity index is 2.27. The van der Waals surface area contributed by atoms with Gasteiger partial charge in [0.15, 0.2) is 0 Å². The summed E-state index contributed by atoms with van der Waals surface area (Å²) in [6, 6.07) is 4.47. The highest BCUT2D eigenvalue weighted by atomic mass is 16.5. The van der Waals surface area contributed by atoms with Crippen LogP contribution in [-0.2, 0) is 11.2 Å². The topological polar surface area (TPSA) is 29.5 Å². The second kappa shape index (κ2) is 5.41. The number of hydrogen-bond acceptors (Lipinski definition) is 2. The Hall–Kier alpha value is -0.860. The second-order valence-corrected chi connectivity index (χ2v) is 5.87. The van der Waals surface area contributed by atoms with Crippen molar-refractivity contribution in [1.82, 2.24) is 0 Å². The third kappa shape index (κ3) is 2.76. The lowest BCUT2D eigenvalue weighted by atomic mass is 9.76. The van der Waals surface area contributed by atoms with Crippen molar-refractivity contribution in [3.8, 4) is 0 Å². The van der Waals surface area contributed by atoms with E-state index < -0.39 is 0 Å². The maximum atomic E-state index is 9.76. The van der Waals surface area contributed by atoms with Gasteiger partial charge >= 0.3 is 0 Å². The molecule has 2 nitrogen and oxygen atoms in total. The molecule has 1 aromatic rings. The van der Waals surface area contributed by atoms with Crippen LogP contribution in [0, 0.1) is 26.2 Å². The first-order valence-electron chi connectivity index (χ1n) is 6.82. The van der Waals surface area contributed by atoms with Gasteiger partial charge in [0.2, 0.25) is 0 Å². The fourth-order valence-electron chi connectivity index (χ4n) is 3.09. The van der Waals surface area contributed by atoms with Gasteiger partial charge in [0.1, 0.15) is 0 Å². The van der Waals surface area contributed by atoms with Crippen LogP contribution in [0.15, 0.2) is 12.1 Å². The largest absolute Gasteiger partial charge is 0.396 e. The van der Waals surface area contributed by atoms with E-state index in [1.165, 1.54) is 22.3 Å². The van der Waals surface area contributed by atoms with E-state index in [0.717, 1.165) is 25.9 Å². The summed E-state index contributed by atoms with van der Waals surface area (Å²) in [7, 11) is 0. The summed E-state index contributed by atoms with van der Waals surface area (Å²) in [5.74, 6) is 0. The molecule has 2 heteroatoms. The fraction of sp³-hybridized carbons (Fsp3) is 0.625. The van der Waals surface area contributed by atoms with Gasteiger partial charge in [0.25, 0.3) is 0 Å². The van der Waals surface area contributed by atoms with Crippen LogP contribution in [0.4, 0.5) is 0 Å². The van der Waals surface area contributed by atoms with E-state index in [9.17, 15) is 5.11 Å². The van der Waals surface area contributed by atoms with Crippen molar-refractivity contribution in [2.75, 3.05) is 19.8 Å². The molecule has 1 atom stereocenters. The summed E-state index contributed by atoms with van der Waals surface area (Å²) in [6.07, 6.45) is 3.06. The average molecular weight is 248 g/mol. The lowest BCUT2D eigenvalue weighted by Gasteiger charge is -2.36. The standard InChI is InChI=1S/C16H24O2/c1-12-7-13(2)15(14(3)8-12)9-16(10-17)5-4-6-18-11-16/h7-8,17H,4-6,9-11H2,1-3H3. The number of aliphatic hydroxyl groups excluding tert-OH is 1. The quantitative estimate of drug-likeness (QED) is 0.891. The molecule has 1 aliphatic heterocycles. The Morgan fingerprint density at radius 3 is 2.39 bits per heavy atom. The molecule has 18 heavy (non-hydrogen) atoms. The summed E-state index contributed by atoms with van der Waals surface area (Å²) in [6.45, 7) is 8.23. The third-order valence-electron chi connectivity index (χ3n) is 4.13. The van der Waals surface area contributed by atoms with E-state index in [2.05, 4.69) is 32.9 Å². The molecule has 0 radical (unpaired) electrons. The summed E-state index contributed by atoms with van der Waals surface area (Å²) in [5, 5.41) is 9.76. The SMILES string of the molecule is Cc1cc(C)c(CC2(CO)CCCOC2)c(C)c1. The zero-order chi connectivity index (χ0) is 13.2. The highest BCUT2D eigenvalue weighted by Gasteiger charge is 2.33. The van der Waals surface area contributed by atoms with Gasteiger partial charge in [-0.3, -0.25) is 0 Å². The minimum atomic E-state index is -0.0664. The molecule has 0 spiro atoms. The molecular weight excluding hydrogens is 224 g/mol. The molecule has 2 rings (SSSR count). The predicted molar refractivity (Wildman–Crippen MR) is 73.9 cm³/mol. The molecule has 0 amide bonds. The molecule has 0 aliphatic carbocycles. The van der Waals surface area contributed by atoms with Crippen LogP contribution in [0.25, 0.3) is 0 Å². The Bertz CT molecular complexity index is 394. The van der Waals surface area contributed by atoms with E-state index in [-0.39, 0.29) is 12.0 Å². The van der Waals surface area contributed by atoms with Gasteiger partial charge < -0.3 is 9.84 Å². The van der Waals surface area contributed by atoms with Crippen molar-refractivity contribution in [3.05, 3.63) is 34.4 Å². The zero-order valence-corrected chi connectivity index (χ0v) is 11.8. The maximum Gasteiger partial charge on any atom is 0.0547 e. The number of hydrogen-bond donors (Lipinski definition) is 1. The summed E-state index contributed by atoms with van der Waals surface area (Å²) in [4.78, 5) is 0. The van der Waals surface area contributed by atoms with Crippen LogP contribution < -0.4 is 0 Å². The molecule has 0 saturated carbocycles. The van der Waals surface area contributed by atoms with Gasteiger partial charge in [0.05, 0.1) is 13.2 Å². The van der Waals surface area contributed by atoms with E-state index in [1.54, 1.807) is 0 Å². The van der Waals surface area contributed by atoms with Gasteiger partial charge in [0, 0.05) is 12.0 Å². The van der Waals surface area contributed by atoms with Gasteiger partial charge in [-0.15, -0.1) is 0 Å². The van der Waals surface area contributed by atoms with Gasteiger partial charge in [-0.05, 0) is 56.7 Å². The van der Waals surface area contributed by atoms with E-state index >= 15 is 0 Å². The number of aliphatic hydroxyl groups is 1. The van der Waals surface area contributed by atoms with Crippen molar-refractivity contribution >= 4 is 0 Å². The van der Waals surface area contributed by atoms with E-state index in [1.807, 2.05) is 0 Å². The highest BCUT2D eigenvalue weighted by molar-refractivity contribution is 5.38. The molecule has 0 aromatic heterocycles. The Morgan fingerprint density at radius 1 is 1.22 bits per heavy atom. The molecule has 0 bridgehead atoms. The Labute approximate surface area is 110 Å². The average Bonchev–Trinajstić information content (AvgIpc) is 2.35. The number of rotatable bonds is 3. The number of aryl methyl sites for hydroxylation is 3. The summed E-state index contributed by atoms with van der Waals surface area (Å²) < 4.78 is 5.59. The first-order valence-corrected chi connectivity index (χ1v) is 6.82. The minimum absolute atomic E-state index is 0.0664. The zero-order valence-electron chi connectivity index (χ0n) is 11.8. The summed E-state index contributed by atoms with van der Waals surface area (Å²) in [5.41, 5.74) is 5.31. The van der Waals surface area contributed by atoms with Gasteiger partial charge in [-0.25, -0.2) is 0 Å². The van der Waals surface area contributed by atoms with Crippen LogP contribution in [0.3, 0.4) is 0 Å². The molecule has 1 saturated heterocycles. The Morgan fingerprint density at radius 2 is 1.89 bits per heavy atom. The van der Waals surface area contributed by atoms with E-state index in [4.69, 9.17) is 4.74 Å². The third-order valence-corrected chi connectivity index (χ3v) is 4.13. The molecule has 1 unspecified atom stereocenters. The molecular formula is C16H24O2. The van der Waals surface area contributed by atoms with Crippen molar-refractivity contribution in [1.29, 1.82) is 0 Å². The first kappa shape index (κ1) is 13.6. The smallest absolute Gasteiger partial charge is 0.0547 e. The maximum absolute atomic E-state index is 9.76. The van der Waals surface area contributed by atoms with E-state index in [0.29, 0.717) is 6.61 Å². The molecule has 1 heterocycles. The second-order valence-electron chi connectivity index (χ2n) is 5.87. The molecule has 1 aliphatic rings. The minimum Gasteiger partial charge on any atom is -0.396 e. The van der Waals surface area contributed by atoms with Crippen LogP contribution in [0.2, 0.25) is 0 Å². The lowest BCUT2D eigenvalue weighted by Crippen LogP contribution is -2.37. The monoisotopic (exact) mass is 248 g/mol. The molecule has 100 valence electrons. The summed E-state index contributed by atoms with van der Waals surface area (Å²) >= 11 is 0. The van der Waals surface area contributed by atoms with Crippen LogP contribution in [-0.4, -0.2) is 24.9 Å². The number of benzene rings is 1. The lowest BCUT2D eigenvalue weighted by molar-refractivity contribution is -0.0380. The fourth-order valence-corrected chi connectivity index (χ4v) is 3.09. The predicted octanol–water partition coefficient (Wildman–Crippen LogP) is 2.94. The highest BCUT2D eigenvalue weighted by Crippen LogP contribution is 2.34. The molecule has 1 fully saturated rings. The van der Waals surface area contributed by atoms with Crippen molar-refractivity contribution < 1.29 is 9.84 Å². The van der Waals surface area contributed by atoms with Gasteiger partial charge in [-0.1, -0.05) is 17.7 Å². The number of ether oxygens (including phenoxy) is 1. The van der Waals surface area contributed by atoms with Crippen LogP contribution in [0.5, 0.6) is 0 Å². The molecule has 1 N–H and O–H groups in total. The molecule has 1 aromatic carbocycles. The van der Waals surface area contributed by atoms with Crippen molar-refractivity contribution in [2.45, 2.75) is 40.0 Å². The normalized spacial score (nSPS) is 24.2.